The summed E-state index contributed by atoms with van der Waals surface area (Å²) in [5.41, 5.74) is 2.71. The highest BCUT2D eigenvalue weighted by Crippen LogP contribution is 2.29. The fourth-order valence-electron chi connectivity index (χ4n) is 3.59. The van der Waals surface area contributed by atoms with Gasteiger partial charge in [-0.2, -0.15) is 0 Å². The van der Waals surface area contributed by atoms with Crippen LogP contribution in [-0.4, -0.2) is 30.4 Å². The molecule has 1 fully saturated rings. The number of halogens is 3. The number of hydrogen-bond acceptors (Lipinski definition) is 5. The van der Waals surface area contributed by atoms with Crippen LogP contribution < -0.4 is 20.3 Å². The minimum atomic E-state index is -0.844. The van der Waals surface area contributed by atoms with Crippen LogP contribution in [0.1, 0.15) is 16.7 Å². The van der Waals surface area contributed by atoms with Gasteiger partial charge in [0.2, 0.25) is 0 Å². The Labute approximate surface area is 236 Å². The molecule has 1 heterocycles. The van der Waals surface area contributed by atoms with Crippen LogP contribution in [0.25, 0.3) is 6.08 Å². The van der Waals surface area contributed by atoms with Crippen LogP contribution in [0.2, 0.25) is 10.0 Å². The van der Waals surface area contributed by atoms with E-state index in [4.69, 9.17) is 27.9 Å². The fraction of sp³-hybridized carbons (Fsp3) is 0.111. The number of benzene rings is 3. The van der Waals surface area contributed by atoms with E-state index >= 15 is 0 Å². The molecule has 4 rings (SSSR count). The lowest BCUT2D eigenvalue weighted by Crippen LogP contribution is -2.54. The Balaban J connectivity index is 1.58. The predicted octanol–water partition coefficient (Wildman–Crippen LogP) is 6.06. The fourth-order valence-corrected chi connectivity index (χ4v) is 4.27. The van der Waals surface area contributed by atoms with E-state index in [0.29, 0.717) is 26.4 Å². The molecule has 0 radical (unpaired) electrons. The van der Waals surface area contributed by atoms with Crippen molar-refractivity contribution in [3.63, 3.8) is 0 Å². The molecule has 2 N–H and O–H groups in total. The van der Waals surface area contributed by atoms with Gasteiger partial charge in [0.05, 0.1) is 15.7 Å². The summed E-state index contributed by atoms with van der Waals surface area (Å²) in [5.74, 6) is -1.86. The summed E-state index contributed by atoms with van der Waals surface area (Å²) in [5, 5.41) is 5.50. The maximum atomic E-state index is 13.3. The highest BCUT2D eigenvalue weighted by atomic mass is 79.9. The summed E-state index contributed by atoms with van der Waals surface area (Å²) >= 11 is 15.2. The molecule has 0 atom stereocenters. The van der Waals surface area contributed by atoms with E-state index < -0.39 is 23.8 Å². The number of anilines is 2. The Morgan fingerprint density at radius 2 is 1.76 bits per heavy atom. The second-order valence-corrected chi connectivity index (χ2v) is 10.1. The summed E-state index contributed by atoms with van der Waals surface area (Å²) in [6.45, 7) is 3.40. The molecule has 0 spiro atoms. The maximum Gasteiger partial charge on any atom is 0.335 e. The average Bonchev–Trinajstić information content (AvgIpc) is 2.85. The van der Waals surface area contributed by atoms with E-state index in [1.807, 2.05) is 13.8 Å². The number of carbonyl (C=O) groups is 4. The Morgan fingerprint density at radius 3 is 2.47 bits per heavy atom. The largest absolute Gasteiger partial charge is 0.483 e. The van der Waals surface area contributed by atoms with Crippen LogP contribution in [0, 0.1) is 13.8 Å². The van der Waals surface area contributed by atoms with Gasteiger partial charge in [-0.1, -0.05) is 45.2 Å². The van der Waals surface area contributed by atoms with Crippen LogP contribution in [0.3, 0.4) is 0 Å². The monoisotopic (exact) mass is 615 g/mol. The van der Waals surface area contributed by atoms with E-state index in [-0.39, 0.29) is 23.0 Å². The molecule has 0 aliphatic carbocycles. The highest BCUT2D eigenvalue weighted by molar-refractivity contribution is 9.10. The van der Waals surface area contributed by atoms with Gasteiger partial charge < -0.3 is 10.1 Å². The molecule has 0 saturated carbocycles. The Bertz CT molecular complexity index is 1520. The second-order valence-electron chi connectivity index (χ2n) is 8.37. The van der Waals surface area contributed by atoms with Crippen molar-refractivity contribution in [3.05, 3.63) is 91.4 Å². The van der Waals surface area contributed by atoms with Gasteiger partial charge in [0.25, 0.3) is 17.7 Å². The number of nitrogens with one attached hydrogen (secondary N) is 2. The van der Waals surface area contributed by atoms with E-state index in [0.717, 1.165) is 16.0 Å². The summed E-state index contributed by atoms with van der Waals surface area (Å²) in [6.07, 6.45) is 1.31. The van der Waals surface area contributed by atoms with Crippen molar-refractivity contribution in [1.82, 2.24) is 5.32 Å². The molecule has 0 bridgehead atoms. The van der Waals surface area contributed by atoms with Crippen LogP contribution in [-0.2, 0) is 14.4 Å². The third-order valence-corrected chi connectivity index (χ3v) is 6.92. The average molecular weight is 617 g/mol. The minimum Gasteiger partial charge on any atom is -0.483 e. The summed E-state index contributed by atoms with van der Waals surface area (Å²) < 4.78 is 6.33. The normalized spacial score (nSPS) is 14.5. The first-order valence-corrected chi connectivity index (χ1v) is 12.7. The third kappa shape index (κ3) is 6.07. The zero-order valence-electron chi connectivity index (χ0n) is 20.1. The van der Waals surface area contributed by atoms with Crippen molar-refractivity contribution in [3.8, 4) is 5.75 Å². The van der Waals surface area contributed by atoms with Crippen LogP contribution >= 0.6 is 39.1 Å². The van der Waals surface area contributed by atoms with Gasteiger partial charge >= 0.3 is 6.03 Å². The molecule has 1 aliphatic rings. The van der Waals surface area contributed by atoms with Crippen molar-refractivity contribution in [2.75, 3.05) is 16.8 Å². The predicted molar refractivity (Wildman–Crippen MR) is 150 cm³/mol. The molecule has 1 saturated heterocycles. The van der Waals surface area contributed by atoms with E-state index in [1.165, 1.54) is 12.1 Å². The van der Waals surface area contributed by atoms with Crippen molar-refractivity contribution >= 4 is 80.3 Å². The molecule has 11 heteroatoms. The maximum absolute atomic E-state index is 13.3. The van der Waals surface area contributed by atoms with Crippen molar-refractivity contribution in [2.24, 2.45) is 0 Å². The first-order chi connectivity index (χ1) is 18.0. The first kappa shape index (κ1) is 27.4. The lowest BCUT2D eigenvalue weighted by molar-refractivity contribution is -0.122. The number of barbiturate groups is 1. The van der Waals surface area contributed by atoms with Gasteiger partial charge in [0.1, 0.15) is 11.3 Å². The topological polar surface area (TPSA) is 105 Å². The summed E-state index contributed by atoms with van der Waals surface area (Å²) in [7, 11) is 0. The number of ether oxygens (including phenoxy) is 1. The van der Waals surface area contributed by atoms with Crippen molar-refractivity contribution < 1.29 is 23.9 Å². The Hall–Kier alpha value is -3.66. The molecule has 1 aliphatic heterocycles. The van der Waals surface area contributed by atoms with Gasteiger partial charge in [-0.25, -0.2) is 9.69 Å². The number of aryl methyl sites for hydroxylation is 2. The van der Waals surface area contributed by atoms with Gasteiger partial charge in [-0.15, -0.1) is 0 Å². The lowest BCUT2D eigenvalue weighted by Gasteiger charge is -2.27. The van der Waals surface area contributed by atoms with E-state index in [2.05, 4.69) is 26.6 Å². The molecule has 3 aromatic carbocycles. The smallest absolute Gasteiger partial charge is 0.335 e. The Kier molecular flexibility index (Phi) is 8.20. The molecular formula is C27H20BrCl2N3O5. The summed E-state index contributed by atoms with van der Waals surface area (Å²) in [4.78, 5) is 51.9. The number of rotatable bonds is 6. The van der Waals surface area contributed by atoms with Gasteiger partial charge in [-0.3, -0.25) is 19.7 Å². The number of urea groups is 1. The van der Waals surface area contributed by atoms with E-state index in [9.17, 15) is 19.2 Å². The zero-order chi connectivity index (χ0) is 27.6. The lowest BCUT2D eigenvalue weighted by atomic mass is 10.0. The van der Waals surface area contributed by atoms with Crippen LogP contribution in [0.15, 0.2) is 64.6 Å². The number of amides is 5. The van der Waals surface area contributed by atoms with Gasteiger partial charge in [0, 0.05) is 15.7 Å². The zero-order valence-corrected chi connectivity index (χ0v) is 23.2. The van der Waals surface area contributed by atoms with Gasteiger partial charge in [0.15, 0.2) is 6.61 Å². The number of nitrogens with zero attached hydrogens (tertiary/aromatic N) is 1. The molecule has 194 valence electrons. The molecule has 8 nitrogen and oxygen atoms in total. The minimum absolute atomic E-state index is 0.236. The highest BCUT2D eigenvalue weighted by Gasteiger charge is 2.37. The molecule has 0 unspecified atom stereocenters. The summed E-state index contributed by atoms with van der Waals surface area (Å²) in [6, 6.07) is 13.8. The van der Waals surface area contributed by atoms with E-state index in [1.54, 1.807) is 48.5 Å². The SMILES string of the molecule is Cc1ccc(N2C(=O)NC(=O)/C(=C/c3cc(Br)ccc3OCC(=O)Nc3ccc(Cl)c(Cl)c3)C2=O)cc1C. The van der Waals surface area contributed by atoms with Crippen LogP contribution in [0.5, 0.6) is 5.75 Å². The standard InChI is InChI=1S/C27H20BrCl2N3O5/c1-14-3-6-19(9-15(14)2)33-26(36)20(25(35)32-27(33)37)11-16-10-17(28)4-8-23(16)38-13-24(34)31-18-5-7-21(29)22(30)12-18/h3-12H,13H2,1-2H3,(H,31,34)(H,32,35,37)/b20-11-. The van der Waals surface area contributed by atoms with Gasteiger partial charge in [-0.05, 0) is 79.6 Å². The number of hydrogen-bond donors (Lipinski definition) is 2. The molecule has 38 heavy (non-hydrogen) atoms. The Morgan fingerprint density at radius 1 is 1.00 bits per heavy atom. The molecule has 0 aromatic heterocycles. The second kappa shape index (κ2) is 11.4. The molecular weight excluding hydrogens is 597 g/mol. The molecule has 5 amide bonds. The van der Waals surface area contributed by atoms with Crippen molar-refractivity contribution in [2.45, 2.75) is 13.8 Å². The first-order valence-electron chi connectivity index (χ1n) is 11.2. The van der Waals surface area contributed by atoms with Crippen LogP contribution in [0.4, 0.5) is 16.2 Å². The number of imide groups is 2. The number of carbonyl (C=O) groups excluding carboxylic acids is 4. The van der Waals surface area contributed by atoms with Crippen molar-refractivity contribution in [1.29, 1.82) is 0 Å². The third-order valence-electron chi connectivity index (χ3n) is 5.68. The quantitative estimate of drug-likeness (QED) is 0.259. The molecule has 3 aromatic rings.